The number of pyridine rings is 1. The number of esters is 1. The zero-order valence-electron chi connectivity index (χ0n) is 10.6. The molecule has 1 aliphatic heterocycles. The number of nitrogens with one attached hydrogen (secondary N) is 2. The van der Waals surface area contributed by atoms with Crippen LogP contribution in [-0.4, -0.2) is 30.0 Å². The van der Waals surface area contributed by atoms with E-state index in [1.165, 1.54) is 7.11 Å². The highest BCUT2D eigenvalue weighted by molar-refractivity contribution is 5.92. The van der Waals surface area contributed by atoms with Crippen LogP contribution in [0, 0.1) is 5.41 Å². The summed E-state index contributed by atoms with van der Waals surface area (Å²) in [7, 11) is 1.35. The molecule has 0 saturated carbocycles. The van der Waals surface area contributed by atoms with Crippen molar-refractivity contribution < 1.29 is 14.4 Å². The van der Waals surface area contributed by atoms with E-state index >= 15 is 0 Å². The quantitative estimate of drug-likeness (QED) is 0.409. The standard InChI is InChI=1S/C12H16N4O3/c1-18-11(17)5-8-4-10(16-19-8)7-2-3-9(12(13)14)15-6-7/h2-3,6,8,10,16H,4-5H2,1H3,(H3,13,14). The maximum atomic E-state index is 11.2. The lowest BCUT2D eigenvalue weighted by Crippen LogP contribution is -2.16. The normalized spacial score (nSPS) is 22.2. The summed E-state index contributed by atoms with van der Waals surface area (Å²) >= 11 is 0. The van der Waals surface area contributed by atoms with Crippen molar-refractivity contribution in [1.82, 2.24) is 10.5 Å². The van der Waals surface area contributed by atoms with Crippen LogP contribution in [0.1, 0.15) is 30.1 Å². The third kappa shape index (κ3) is 3.27. The Bertz CT molecular complexity index is 474. The molecule has 0 amide bonds. The van der Waals surface area contributed by atoms with E-state index in [0.29, 0.717) is 12.1 Å². The number of methoxy groups -OCH3 is 1. The Labute approximate surface area is 110 Å². The summed E-state index contributed by atoms with van der Waals surface area (Å²) in [6, 6.07) is 3.50. The molecule has 2 unspecified atom stereocenters. The molecule has 102 valence electrons. The van der Waals surface area contributed by atoms with Gasteiger partial charge in [-0.1, -0.05) is 6.07 Å². The highest BCUT2D eigenvalue weighted by Gasteiger charge is 2.28. The van der Waals surface area contributed by atoms with Gasteiger partial charge in [-0.25, -0.2) is 0 Å². The average molecular weight is 264 g/mol. The molecule has 2 atom stereocenters. The number of hydrogen-bond acceptors (Lipinski definition) is 6. The average Bonchev–Trinajstić information content (AvgIpc) is 2.87. The molecule has 2 rings (SSSR count). The molecule has 0 radical (unpaired) electrons. The fraction of sp³-hybridized carbons (Fsp3) is 0.417. The van der Waals surface area contributed by atoms with Gasteiger partial charge in [0.15, 0.2) is 0 Å². The predicted octanol–water partition coefficient (Wildman–Crippen LogP) is 0.263. The van der Waals surface area contributed by atoms with Gasteiger partial charge in [0.05, 0.1) is 25.7 Å². The molecule has 7 nitrogen and oxygen atoms in total. The zero-order valence-corrected chi connectivity index (χ0v) is 10.6. The Hall–Kier alpha value is -1.99. The third-order valence-corrected chi connectivity index (χ3v) is 2.96. The monoisotopic (exact) mass is 264 g/mol. The summed E-state index contributed by atoms with van der Waals surface area (Å²) in [6.07, 6.45) is 2.33. The highest BCUT2D eigenvalue weighted by atomic mass is 16.7. The summed E-state index contributed by atoms with van der Waals surface area (Å²) in [5.41, 5.74) is 9.57. The molecule has 1 aliphatic rings. The number of carbonyl (C=O) groups is 1. The minimum absolute atomic E-state index is 0.0248. The van der Waals surface area contributed by atoms with Gasteiger partial charge in [-0.2, -0.15) is 5.48 Å². The van der Waals surface area contributed by atoms with Gasteiger partial charge in [0, 0.05) is 6.20 Å². The molecule has 7 heteroatoms. The lowest BCUT2D eigenvalue weighted by Gasteiger charge is -2.08. The van der Waals surface area contributed by atoms with Gasteiger partial charge >= 0.3 is 5.97 Å². The number of amidine groups is 1. The molecule has 2 heterocycles. The van der Waals surface area contributed by atoms with Crippen LogP contribution in [0.15, 0.2) is 18.3 Å². The number of nitrogens with zero attached hydrogens (tertiary/aromatic N) is 1. The van der Waals surface area contributed by atoms with Gasteiger partial charge in [-0.3, -0.25) is 20.0 Å². The molecule has 0 spiro atoms. The number of nitrogen functional groups attached to an aromatic ring is 1. The lowest BCUT2D eigenvalue weighted by atomic mass is 10.0. The smallest absolute Gasteiger partial charge is 0.308 e. The molecule has 0 aromatic carbocycles. The van der Waals surface area contributed by atoms with Crippen molar-refractivity contribution >= 4 is 11.8 Å². The second-order valence-corrected chi connectivity index (χ2v) is 4.32. The van der Waals surface area contributed by atoms with Crippen LogP contribution < -0.4 is 11.2 Å². The first-order valence-electron chi connectivity index (χ1n) is 5.88. The van der Waals surface area contributed by atoms with Crippen molar-refractivity contribution in [3.05, 3.63) is 29.6 Å². The number of carbonyl (C=O) groups excluding carboxylic acids is 1. The van der Waals surface area contributed by atoms with Gasteiger partial charge in [0.2, 0.25) is 0 Å². The highest BCUT2D eigenvalue weighted by Crippen LogP contribution is 2.26. The van der Waals surface area contributed by atoms with Crippen molar-refractivity contribution in [2.45, 2.75) is 25.0 Å². The molecule has 4 N–H and O–H groups in total. The van der Waals surface area contributed by atoms with Gasteiger partial charge in [0.25, 0.3) is 0 Å². The Morgan fingerprint density at radius 2 is 2.47 bits per heavy atom. The van der Waals surface area contributed by atoms with Crippen LogP contribution in [0.5, 0.6) is 0 Å². The maximum Gasteiger partial charge on any atom is 0.308 e. The van der Waals surface area contributed by atoms with Crippen LogP contribution in [0.2, 0.25) is 0 Å². The number of rotatable bonds is 4. The molecule has 0 bridgehead atoms. The van der Waals surface area contributed by atoms with Crippen molar-refractivity contribution in [3.8, 4) is 0 Å². The molecule has 1 aromatic heterocycles. The number of aromatic nitrogens is 1. The van der Waals surface area contributed by atoms with E-state index < -0.39 is 0 Å². The van der Waals surface area contributed by atoms with E-state index in [0.717, 1.165) is 5.56 Å². The van der Waals surface area contributed by atoms with Crippen molar-refractivity contribution in [2.75, 3.05) is 7.11 Å². The Balaban J connectivity index is 1.96. The Morgan fingerprint density at radius 1 is 1.68 bits per heavy atom. The molecule has 19 heavy (non-hydrogen) atoms. The fourth-order valence-corrected chi connectivity index (χ4v) is 1.91. The van der Waals surface area contributed by atoms with E-state index in [1.807, 2.05) is 6.07 Å². The summed E-state index contributed by atoms with van der Waals surface area (Å²) in [5.74, 6) is -0.358. The second-order valence-electron chi connectivity index (χ2n) is 4.32. The van der Waals surface area contributed by atoms with Gasteiger partial charge in [-0.15, -0.1) is 0 Å². The zero-order chi connectivity index (χ0) is 13.8. The molecular formula is C12H16N4O3. The Morgan fingerprint density at radius 3 is 3.05 bits per heavy atom. The van der Waals surface area contributed by atoms with Crippen LogP contribution in [0.4, 0.5) is 0 Å². The molecule has 0 aliphatic carbocycles. The van der Waals surface area contributed by atoms with Crippen LogP contribution >= 0.6 is 0 Å². The summed E-state index contributed by atoms with van der Waals surface area (Å²) in [5, 5.41) is 7.27. The second kappa shape index (κ2) is 5.77. The third-order valence-electron chi connectivity index (χ3n) is 2.96. The van der Waals surface area contributed by atoms with E-state index in [2.05, 4.69) is 15.2 Å². The molecule has 1 aromatic rings. The SMILES string of the molecule is COC(=O)CC1CC(c2ccc(C(=N)N)nc2)NO1. The first-order valence-corrected chi connectivity index (χ1v) is 5.88. The van der Waals surface area contributed by atoms with Gasteiger partial charge in [-0.05, 0) is 18.1 Å². The number of ether oxygens (including phenoxy) is 1. The van der Waals surface area contributed by atoms with Crippen molar-refractivity contribution in [2.24, 2.45) is 5.73 Å². The van der Waals surface area contributed by atoms with Crippen molar-refractivity contribution in [1.29, 1.82) is 5.41 Å². The van der Waals surface area contributed by atoms with Crippen molar-refractivity contribution in [3.63, 3.8) is 0 Å². The van der Waals surface area contributed by atoms with E-state index in [1.54, 1.807) is 12.3 Å². The number of hydroxylamine groups is 1. The van der Waals surface area contributed by atoms with Crippen LogP contribution in [-0.2, 0) is 14.4 Å². The largest absolute Gasteiger partial charge is 0.469 e. The van der Waals surface area contributed by atoms with Gasteiger partial charge in [0.1, 0.15) is 11.5 Å². The first-order chi connectivity index (χ1) is 9.10. The predicted molar refractivity (Wildman–Crippen MR) is 67.3 cm³/mol. The summed E-state index contributed by atoms with van der Waals surface area (Å²) in [4.78, 5) is 20.6. The van der Waals surface area contributed by atoms with Gasteiger partial charge < -0.3 is 10.5 Å². The van der Waals surface area contributed by atoms with Crippen LogP contribution in [0.3, 0.4) is 0 Å². The summed E-state index contributed by atoms with van der Waals surface area (Å²) in [6.45, 7) is 0. The Kier molecular flexibility index (Phi) is 4.08. The van der Waals surface area contributed by atoms with Crippen LogP contribution in [0.25, 0.3) is 0 Å². The topological polar surface area (TPSA) is 110 Å². The van der Waals surface area contributed by atoms with E-state index in [4.69, 9.17) is 16.0 Å². The lowest BCUT2D eigenvalue weighted by molar-refractivity contribution is -0.143. The number of hydrogen-bond donors (Lipinski definition) is 3. The fourth-order valence-electron chi connectivity index (χ4n) is 1.91. The summed E-state index contributed by atoms with van der Waals surface area (Å²) < 4.78 is 4.60. The minimum atomic E-state index is -0.294. The van der Waals surface area contributed by atoms with E-state index in [9.17, 15) is 4.79 Å². The molecular weight excluding hydrogens is 248 g/mol. The minimum Gasteiger partial charge on any atom is -0.469 e. The molecule has 1 fully saturated rings. The first kappa shape index (κ1) is 13.4. The maximum absolute atomic E-state index is 11.2. The number of nitrogens with two attached hydrogens (primary N) is 1. The molecule has 1 saturated heterocycles. The van der Waals surface area contributed by atoms with E-state index in [-0.39, 0.29) is 30.4 Å².